The van der Waals surface area contributed by atoms with Crippen molar-refractivity contribution in [1.82, 2.24) is 9.78 Å². The van der Waals surface area contributed by atoms with Crippen molar-refractivity contribution in [3.63, 3.8) is 0 Å². The molecule has 1 aliphatic rings. The van der Waals surface area contributed by atoms with Crippen LogP contribution in [0.4, 0.5) is 13.2 Å². The van der Waals surface area contributed by atoms with Gasteiger partial charge in [0.25, 0.3) is 5.91 Å². The average Bonchev–Trinajstić information content (AvgIpc) is 2.77. The summed E-state index contributed by atoms with van der Waals surface area (Å²) in [4.78, 5) is 10.9. The molecule has 1 amide bonds. The predicted octanol–water partition coefficient (Wildman–Crippen LogP) is 1.26. The van der Waals surface area contributed by atoms with E-state index in [1.54, 1.807) is 0 Å². The van der Waals surface area contributed by atoms with E-state index >= 15 is 0 Å². The first-order chi connectivity index (χ1) is 8.38. The number of amides is 1. The fraction of sp³-hybridized carbons (Fsp3) is 0.600. The van der Waals surface area contributed by atoms with Crippen LogP contribution < -0.4 is 5.73 Å². The molecule has 1 fully saturated rings. The molecule has 0 aromatic carbocycles. The first-order valence-corrected chi connectivity index (χ1v) is 5.40. The highest BCUT2D eigenvalue weighted by atomic mass is 19.4. The lowest BCUT2D eigenvalue weighted by molar-refractivity contribution is -0.234. The van der Waals surface area contributed by atoms with E-state index in [0.29, 0.717) is 6.42 Å². The fourth-order valence-corrected chi connectivity index (χ4v) is 1.91. The van der Waals surface area contributed by atoms with Gasteiger partial charge in [-0.2, -0.15) is 18.3 Å². The molecule has 0 saturated carbocycles. The van der Waals surface area contributed by atoms with Gasteiger partial charge in [-0.05, 0) is 6.42 Å². The first kappa shape index (κ1) is 12.9. The molecule has 2 N–H and O–H groups in total. The van der Waals surface area contributed by atoms with Crippen LogP contribution in [-0.4, -0.2) is 34.6 Å². The number of nitrogens with two attached hydrogens (primary N) is 1. The van der Waals surface area contributed by atoms with Crippen LogP contribution in [0.5, 0.6) is 0 Å². The molecule has 18 heavy (non-hydrogen) atoms. The SMILES string of the molecule is NC(=O)c1cnn(C2CCOC(C(F)(F)F)C2)c1. The highest BCUT2D eigenvalue weighted by molar-refractivity contribution is 5.92. The maximum atomic E-state index is 12.5. The Morgan fingerprint density at radius 2 is 2.28 bits per heavy atom. The van der Waals surface area contributed by atoms with Crippen molar-refractivity contribution >= 4 is 5.91 Å². The third-order valence-electron chi connectivity index (χ3n) is 2.88. The van der Waals surface area contributed by atoms with Crippen LogP contribution in [0.3, 0.4) is 0 Å². The van der Waals surface area contributed by atoms with Gasteiger partial charge >= 0.3 is 6.18 Å². The van der Waals surface area contributed by atoms with Crippen LogP contribution in [0.1, 0.15) is 29.2 Å². The third kappa shape index (κ3) is 2.63. The predicted molar refractivity (Wildman–Crippen MR) is 54.8 cm³/mol. The van der Waals surface area contributed by atoms with Gasteiger partial charge in [-0.3, -0.25) is 9.48 Å². The topological polar surface area (TPSA) is 70.1 Å². The maximum Gasteiger partial charge on any atom is 0.414 e. The summed E-state index contributed by atoms with van der Waals surface area (Å²) >= 11 is 0. The van der Waals surface area contributed by atoms with Gasteiger partial charge in [0.2, 0.25) is 0 Å². The Morgan fingerprint density at radius 3 is 2.83 bits per heavy atom. The molecule has 1 aliphatic heterocycles. The number of halogens is 3. The summed E-state index contributed by atoms with van der Waals surface area (Å²) in [7, 11) is 0. The normalized spacial score (nSPS) is 25.1. The van der Waals surface area contributed by atoms with E-state index in [0.717, 1.165) is 0 Å². The summed E-state index contributed by atoms with van der Waals surface area (Å²) in [5.41, 5.74) is 5.24. The van der Waals surface area contributed by atoms with E-state index in [1.165, 1.54) is 17.1 Å². The minimum absolute atomic E-state index is 0.0145. The van der Waals surface area contributed by atoms with E-state index in [4.69, 9.17) is 10.5 Å². The van der Waals surface area contributed by atoms with Crippen molar-refractivity contribution in [2.45, 2.75) is 31.2 Å². The van der Waals surface area contributed by atoms with Gasteiger partial charge in [0.05, 0.1) is 17.8 Å². The second kappa shape index (κ2) is 4.60. The second-order valence-corrected chi connectivity index (χ2v) is 4.15. The standard InChI is InChI=1S/C10H12F3N3O2/c11-10(12,13)8-3-7(1-2-18-8)16-5-6(4-15-16)9(14)17/h4-5,7-8H,1-3H2,(H2,14,17). The minimum Gasteiger partial charge on any atom is -0.369 e. The summed E-state index contributed by atoms with van der Waals surface area (Å²) in [6, 6.07) is -0.432. The fourth-order valence-electron chi connectivity index (χ4n) is 1.91. The molecule has 0 radical (unpaired) electrons. The number of nitrogens with zero attached hydrogens (tertiary/aromatic N) is 2. The van der Waals surface area contributed by atoms with Gasteiger partial charge in [0.1, 0.15) is 0 Å². The van der Waals surface area contributed by atoms with Crippen LogP contribution in [0.15, 0.2) is 12.4 Å². The summed E-state index contributed by atoms with van der Waals surface area (Å²) in [5.74, 6) is -0.652. The molecule has 2 atom stereocenters. The average molecular weight is 263 g/mol. The number of hydrogen-bond donors (Lipinski definition) is 1. The van der Waals surface area contributed by atoms with Gasteiger partial charge in [-0.25, -0.2) is 0 Å². The van der Waals surface area contributed by atoms with Crippen LogP contribution >= 0.6 is 0 Å². The van der Waals surface area contributed by atoms with Gasteiger partial charge < -0.3 is 10.5 Å². The number of carbonyl (C=O) groups is 1. The lowest BCUT2D eigenvalue weighted by atomic mass is 10.0. The number of alkyl halides is 3. The van der Waals surface area contributed by atoms with Gasteiger partial charge in [-0.1, -0.05) is 0 Å². The zero-order valence-corrected chi connectivity index (χ0v) is 9.35. The largest absolute Gasteiger partial charge is 0.414 e. The first-order valence-electron chi connectivity index (χ1n) is 5.40. The smallest absolute Gasteiger partial charge is 0.369 e. The van der Waals surface area contributed by atoms with Crippen LogP contribution in [0.25, 0.3) is 0 Å². The van der Waals surface area contributed by atoms with Gasteiger partial charge in [-0.15, -0.1) is 0 Å². The van der Waals surface area contributed by atoms with Crippen LogP contribution in [0.2, 0.25) is 0 Å². The lowest BCUT2D eigenvalue weighted by Crippen LogP contribution is -2.38. The number of rotatable bonds is 2. The number of hydrogen-bond acceptors (Lipinski definition) is 3. The third-order valence-corrected chi connectivity index (χ3v) is 2.88. The summed E-state index contributed by atoms with van der Waals surface area (Å²) in [6.07, 6.45) is -3.32. The molecule has 5 nitrogen and oxygen atoms in total. The molecule has 1 saturated heterocycles. The molecule has 0 spiro atoms. The molecule has 1 aromatic heterocycles. The van der Waals surface area contributed by atoms with E-state index < -0.39 is 24.2 Å². The van der Waals surface area contributed by atoms with Crippen molar-refractivity contribution < 1.29 is 22.7 Å². The summed E-state index contributed by atoms with van der Waals surface area (Å²) in [6.45, 7) is 0.0145. The molecule has 0 bridgehead atoms. The molecule has 2 unspecified atom stereocenters. The number of carbonyl (C=O) groups excluding carboxylic acids is 1. The van der Waals surface area contributed by atoms with Crippen molar-refractivity contribution in [1.29, 1.82) is 0 Å². The molecule has 100 valence electrons. The van der Waals surface area contributed by atoms with Gasteiger partial charge in [0, 0.05) is 19.2 Å². The summed E-state index contributed by atoms with van der Waals surface area (Å²) in [5, 5.41) is 3.87. The molecule has 0 aliphatic carbocycles. The molecule has 8 heteroatoms. The van der Waals surface area contributed by atoms with Crippen molar-refractivity contribution in [2.75, 3.05) is 6.61 Å². The molecule has 2 rings (SSSR count). The quantitative estimate of drug-likeness (QED) is 0.873. The summed E-state index contributed by atoms with van der Waals surface area (Å²) < 4.78 is 43.6. The van der Waals surface area contributed by atoms with Crippen molar-refractivity contribution in [3.05, 3.63) is 18.0 Å². The van der Waals surface area contributed by atoms with E-state index in [-0.39, 0.29) is 18.6 Å². The zero-order valence-electron chi connectivity index (χ0n) is 9.35. The zero-order chi connectivity index (χ0) is 13.3. The Morgan fingerprint density at radius 1 is 1.56 bits per heavy atom. The van der Waals surface area contributed by atoms with E-state index in [2.05, 4.69) is 5.10 Å². The number of primary amides is 1. The Bertz CT molecular complexity index is 444. The number of aromatic nitrogens is 2. The highest BCUT2D eigenvalue weighted by Crippen LogP contribution is 2.34. The highest BCUT2D eigenvalue weighted by Gasteiger charge is 2.44. The second-order valence-electron chi connectivity index (χ2n) is 4.15. The molecule has 2 heterocycles. The Hall–Kier alpha value is -1.57. The Balaban J connectivity index is 2.10. The minimum atomic E-state index is -4.38. The van der Waals surface area contributed by atoms with E-state index in [1.807, 2.05) is 0 Å². The maximum absolute atomic E-state index is 12.5. The molecule has 1 aromatic rings. The lowest BCUT2D eigenvalue weighted by Gasteiger charge is -2.30. The Labute approximate surface area is 101 Å². The number of ether oxygens (including phenoxy) is 1. The Kier molecular flexibility index (Phi) is 3.29. The molecular formula is C10H12F3N3O2. The van der Waals surface area contributed by atoms with Crippen molar-refractivity contribution in [3.8, 4) is 0 Å². The van der Waals surface area contributed by atoms with Crippen molar-refractivity contribution in [2.24, 2.45) is 5.73 Å². The van der Waals surface area contributed by atoms with Crippen LogP contribution in [-0.2, 0) is 4.74 Å². The van der Waals surface area contributed by atoms with Gasteiger partial charge in [0.15, 0.2) is 6.10 Å². The monoisotopic (exact) mass is 263 g/mol. The van der Waals surface area contributed by atoms with E-state index in [9.17, 15) is 18.0 Å². The van der Waals surface area contributed by atoms with Crippen LogP contribution in [0, 0.1) is 0 Å². The molecular weight excluding hydrogens is 251 g/mol.